The number of guanidine groups is 14. The normalized spacial score (nSPS) is 11.9. The SMILES string of the molecule is NC(N)=NC(N)=NCCNC(=O)CCN(CCC(=O)NCCN=C(N)N=C(N)N)CCN(CCC(=O)NCCN=C(N)N=C(N)N)CCC(=O)NCCN=C(N)N=C(N)N.NCCNC(=O)CCN(CCC(=O)NCCN=C(N)N=C(N)N)CCN(CCC(=O)NCCN=C(N)N=C(N)N)CCC(=O)NCCN=C(N)N=C(N)N. The van der Waals surface area contributed by atoms with Crippen molar-refractivity contribution in [2.45, 2.75) is 51.4 Å². The van der Waals surface area contributed by atoms with Gasteiger partial charge < -0.3 is 188 Å². The number of nitrogens with two attached hydrogens (primary N) is 22. The van der Waals surface area contributed by atoms with E-state index in [9.17, 15) is 38.4 Å². The molecule has 8 amide bonds. The summed E-state index contributed by atoms with van der Waals surface area (Å²) in [7, 11) is 0. The van der Waals surface area contributed by atoms with Gasteiger partial charge in [0.15, 0.2) is 41.7 Å². The van der Waals surface area contributed by atoms with Gasteiger partial charge in [-0.2, -0.15) is 34.9 Å². The Balaban J connectivity index is 0. The van der Waals surface area contributed by atoms with Gasteiger partial charge in [-0.15, -0.1) is 0 Å². The smallest absolute Gasteiger partial charge is 0.221 e. The maximum atomic E-state index is 12.7. The molecule has 0 aliphatic carbocycles. The Morgan fingerprint density at radius 2 is 0.316 bits per heavy atom. The minimum atomic E-state index is -0.282. The number of carbonyl (C=O) groups excluding carboxylic acids is 8. The maximum absolute atomic E-state index is 12.7. The monoisotopic (exact) mass is 1620 g/mol. The number of aliphatic imine (C=N–C) groups is 14. The van der Waals surface area contributed by atoms with Gasteiger partial charge >= 0.3 is 0 Å². The van der Waals surface area contributed by atoms with Gasteiger partial charge in [0.25, 0.3) is 0 Å². The highest BCUT2D eigenvalue weighted by Gasteiger charge is 2.19. The lowest BCUT2D eigenvalue weighted by Crippen LogP contribution is -2.42. The maximum Gasteiger partial charge on any atom is 0.221 e. The van der Waals surface area contributed by atoms with Crippen molar-refractivity contribution >= 4 is 131 Å². The number of rotatable bonds is 53. The van der Waals surface area contributed by atoms with Crippen molar-refractivity contribution in [1.82, 2.24) is 62.1 Å². The van der Waals surface area contributed by atoms with Crippen LogP contribution in [0.2, 0.25) is 0 Å². The Morgan fingerprint density at radius 3 is 0.430 bits per heavy atom. The molecule has 0 heterocycles. The minimum Gasteiger partial charge on any atom is -0.370 e. The van der Waals surface area contributed by atoms with E-state index in [2.05, 4.69) is 112 Å². The van der Waals surface area contributed by atoms with Crippen LogP contribution in [-0.2, 0) is 38.4 Å². The summed E-state index contributed by atoms with van der Waals surface area (Å²) < 4.78 is 0. The molecule has 0 unspecified atom stereocenters. The zero-order chi connectivity index (χ0) is 86.0. The van der Waals surface area contributed by atoms with Crippen molar-refractivity contribution < 1.29 is 38.4 Å². The molecule has 0 spiro atoms. The van der Waals surface area contributed by atoms with Crippen molar-refractivity contribution in [3.63, 3.8) is 0 Å². The average molecular weight is 1620 g/mol. The van der Waals surface area contributed by atoms with Crippen molar-refractivity contribution in [2.75, 3.05) is 183 Å². The van der Waals surface area contributed by atoms with Crippen LogP contribution in [0, 0.1) is 0 Å². The van der Waals surface area contributed by atoms with Crippen LogP contribution in [0.4, 0.5) is 0 Å². The highest BCUT2D eigenvalue weighted by Crippen LogP contribution is 2.04. The summed E-state index contributed by atoms with van der Waals surface area (Å²) in [5.41, 5.74) is 118. The zero-order valence-electron chi connectivity index (χ0n) is 64.5. The number of nitrogens with one attached hydrogen (secondary N) is 8. The molecular weight excluding hydrogens is 1500 g/mol. The third kappa shape index (κ3) is 68.0. The lowest BCUT2D eigenvalue weighted by atomic mass is 10.2. The molecule has 0 saturated heterocycles. The van der Waals surface area contributed by atoms with Crippen LogP contribution < -0.4 is 169 Å². The second-order valence-electron chi connectivity index (χ2n) is 23.4. The fourth-order valence-electron chi connectivity index (χ4n) is 8.64. The lowest BCUT2D eigenvalue weighted by Gasteiger charge is -2.27. The van der Waals surface area contributed by atoms with E-state index in [1.165, 1.54) is 0 Å². The molecule has 0 aliphatic rings. The van der Waals surface area contributed by atoms with Crippen LogP contribution in [0.25, 0.3) is 0 Å². The second-order valence-corrected chi connectivity index (χ2v) is 23.4. The first-order chi connectivity index (χ1) is 54.0. The number of carbonyl (C=O) groups is 8. The Kier molecular flexibility index (Phi) is 58.2. The third-order valence-electron chi connectivity index (χ3n) is 13.8. The summed E-state index contributed by atoms with van der Waals surface area (Å²) in [4.78, 5) is 162. The molecule has 0 fully saturated rings. The summed E-state index contributed by atoms with van der Waals surface area (Å²) in [6.07, 6.45) is 0.790. The van der Waals surface area contributed by atoms with Crippen LogP contribution in [0.15, 0.2) is 69.9 Å². The largest absolute Gasteiger partial charge is 0.370 e. The third-order valence-corrected chi connectivity index (χ3v) is 13.8. The van der Waals surface area contributed by atoms with Gasteiger partial charge in [-0.25, -0.2) is 34.9 Å². The van der Waals surface area contributed by atoms with E-state index < -0.39 is 0 Å². The van der Waals surface area contributed by atoms with Gasteiger partial charge in [0, 0.05) is 189 Å². The van der Waals surface area contributed by atoms with Crippen LogP contribution >= 0.6 is 0 Å². The number of nitrogens with zero attached hydrogens (tertiary/aromatic N) is 18. The minimum absolute atomic E-state index is 0.0741. The van der Waals surface area contributed by atoms with Crippen LogP contribution in [0.5, 0.6) is 0 Å². The summed E-state index contributed by atoms with van der Waals surface area (Å²) in [5, 5.41) is 21.9. The predicted molar refractivity (Wildman–Crippen MR) is 442 cm³/mol. The molecule has 114 heavy (non-hydrogen) atoms. The molecule has 0 bridgehead atoms. The predicted octanol–water partition coefficient (Wildman–Crippen LogP) is -18.7. The molecule has 0 radical (unpaired) electrons. The van der Waals surface area contributed by atoms with Gasteiger partial charge in [0.1, 0.15) is 0 Å². The Labute approximate surface area is 659 Å². The standard InChI is InChI=1S/C30H64N26O4.C28H60N22O4/c31-23(32)51-27(39)47-9-5-43-19(57)1-13-55(14-2-20(58)44-6-10-48-28(40)52-24(33)34)17-18-56(15-3-21(59)45-7-11-49-29(41)53-25(35)36)16-4-22(60)46-8-12-50-30(42)54-26(37)38;29-5-6-39-19(51)1-13-49(14-2-20(52)40-7-10-43-26(36)46-23(30)31)17-18-50(15-3-21(53)41-8-11-44-27(37)47-24(32)33)16-4-22(54)42-9-12-45-28(38)48-25(34)35/h1-18H2,(H,43,57)(H,44,58)(H,45,59)(H,46,60)(H6,31,32,39,47,51)(H6,33,34,40,48,52)(H6,35,36,41,49,53)(H6,37,38,42,50,54);1-18,29H2,(H,39,51)(H,40,52)(H,41,53)(H,42,54)(H6,30,31,36,43,46)(H6,32,33,37,44,47)(H6,34,35,38,45,48). The molecule has 0 aromatic carbocycles. The first-order valence-corrected chi connectivity index (χ1v) is 35.5. The summed E-state index contributed by atoms with van der Waals surface area (Å²) in [6, 6.07) is 0. The van der Waals surface area contributed by atoms with Gasteiger partial charge in [0.2, 0.25) is 89.0 Å². The topological polar surface area (TPSA) is 991 Å². The van der Waals surface area contributed by atoms with Gasteiger partial charge in [-0.3, -0.25) is 38.4 Å². The van der Waals surface area contributed by atoms with Gasteiger partial charge in [0.05, 0.1) is 45.8 Å². The quantitative estimate of drug-likeness (QED) is 0.0153. The van der Waals surface area contributed by atoms with Crippen molar-refractivity contribution in [1.29, 1.82) is 0 Å². The van der Waals surface area contributed by atoms with Gasteiger partial charge in [-0.05, 0) is 0 Å². The van der Waals surface area contributed by atoms with Gasteiger partial charge in [-0.1, -0.05) is 0 Å². The van der Waals surface area contributed by atoms with E-state index in [1.54, 1.807) is 0 Å². The van der Waals surface area contributed by atoms with E-state index in [1.807, 2.05) is 19.6 Å². The van der Waals surface area contributed by atoms with E-state index in [0.717, 1.165) is 0 Å². The van der Waals surface area contributed by atoms with Crippen molar-refractivity contribution in [2.24, 2.45) is 196 Å². The fraction of sp³-hybridized carbons (Fsp3) is 0.621. The molecule has 56 nitrogen and oxygen atoms in total. The van der Waals surface area contributed by atoms with E-state index in [4.69, 9.17) is 126 Å². The summed E-state index contributed by atoms with van der Waals surface area (Å²) >= 11 is 0. The van der Waals surface area contributed by atoms with E-state index in [0.29, 0.717) is 65.4 Å². The van der Waals surface area contributed by atoms with E-state index >= 15 is 0 Å². The summed E-state index contributed by atoms with van der Waals surface area (Å²) in [5.74, 6) is -4.64. The molecule has 56 heteroatoms. The fourth-order valence-corrected chi connectivity index (χ4v) is 8.64. The van der Waals surface area contributed by atoms with Crippen LogP contribution in [0.1, 0.15) is 51.4 Å². The molecular formula is C58H124N48O8. The van der Waals surface area contributed by atoms with E-state index in [-0.39, 0.29) is 300 Å². The number of hydrogen-bond acceptors (Lipinski definition) is 20. The van der Waals surface area contributed by atoms with Crippen molar-refractivity contribution in [3.05, 3.63) is 0 Å². The molecule has 0 atom stereocenters. The Morgan fingerprint density at radius 1 is 0.193 bits per heavy atom. The Bertz CT molecular complexity index is 3070. The number of hydrogen-bond donors (Lipinski definition) is 30. The van der Waals surface area contributed by atoms with Crippen LogP contribution in [-0.4, -0.2) is 334 Å². The van der Waals surface area contributed by atoms with Crippen molar-refractivity contribution in [3.8, 4) is 0 Å². The first-order valence-electron chi connectivity index (χ1n) is 35.5. The number of amides is 8. The first kappa shape index (κ1) is 103. The molecule has 0 aromatic rings. The van der Waals surface area contributed by atoms with Crippen LogP contribution in [0.3, 0.4) is 0 Å². The summed E-state index contributed by atoms with van der Waals surface area (Å²) in [6.45, 7) is 6.74. The molecule has 0 aliphatic heterocycles. The zero-order valence-corrected chi connectivity index (χ0v) is 64.5. The average Bonchev–Trinajstić information content (AvgIpc) is 0.934. The molecule has 52 N–H and O–H groups in total. The molecule has 644 valence electrons. The molecule has 0 saturated carbocycles. The molecule has 0 rings (SSSR count). The lowest BCUT2D eigenvalue weighted by molar-refractivity contribution is -0.123. The highest BCUT2D eigenvalue weighted by atomic mass is 16.2. The molecule has 0 aromatic heterocycles. The highest BCUT2D eigenvalue weighted by molar-refractivity contribution is 5.96. The second kappa shape index (κ2) is 64.5. The Hall–Kier alpha value is -13.3.